The molecule has 1 aromatic heterocycles. The maximum absolute atomic E-state index is 12.4. The molecule has 1 heterocycles. The molecule has 7 heteroatoms. The maximum Gasteiger partial charge on any atom is 0.471 e. The van der Waals surface area contributed by atoms with Gasteiger partial charge in [-0.1, -0.05) is 43.3 Å². The second kappa shape index (κ2) is 6.29. The first-order valence-electron chi connectivity index (χ1n) is 6.77. The molecule has 4 nitrogen and oxygen atoms in total. The molecule has 0 atom stereocenters. The summed E-state index contributed by atoms with van der Waals surface area (Å²) in [5, 5.41) is 3.31. The number of Topliss-reactive ketones (excluding diaryl/α,β-unsaturated/α-hetero) is 1. The summed E-state index contributed by atoms with van der Waals surface area (Å²) in [5.41, 5.74) is 1.20. The number of nitrogens with zero attached hydrogens (tertiary/aromatic N) is 2. The molecular weight excluding hydrogens is 297 g/mol. The third-order valence-electron chi connectivity index (χ3n) is 2.92. The SMILES string of the molecule is CC(C)CC(=O)Cc1ccc(-c2noc(C(F)(F)F)n2)cc1. The first-order valence-corrected chi connectivity index (χ1v) is 6.77. The fraction of sp³-hybridized carbons (Fsp3) is 0.400. The summed E-state index contributed by atoms with van der Waals surface area (Å²) < 4.78 is 41.4. The van der Waals surface area contributed by atoms with Crippen LogP contribution >= 0.6 is 0 Å². The summed E-state index contributed by atoms with van der Waals surface area (Å²) in [5.74, 6) is -1.08. The van der Waals surface area contributed by atoms with Gasteiger partial charge in [-0.2, -0.15) is 18.2 Å². The number of ketones is 1. The van der Waals surface area contributed by atoms with Crippen LogP contribution in [0.2, 0.25) is 0 Å². The highest BCUT2D eigenvalue weighted by Gasteiger charge is 2.38. The number of aromatic nitrogens is 2. The number of hydrogen-bond donors (Lipinski definition) is 0. The van der Waals surface area contributed by atoms with Gasteiger partial charge >= 0.3 is 12.1 Å². The van der Waals surface area contributed by atoms with Crippen molar-refractivity contribution in [3.63, 3.8) is 0 Å². The zero-order valence-corrected chi connectivity index (χ0v) is 12.1. The van der Waals surface area contributed by atoms with Gasteiger partial charge in [-0.15, -0.1) is 0 Å². The quantitative estimate of drug-likeness (QED) is 0.840. The Balaban J connectivity index is 2.09. The predicted octanol–water partition coefficient (Wildman–Crippen LogP) is 3.91. The number of carbonyl (C=O) groups excluding carboxylic acids is 1. The fourth-order valence-corrected chi connectivity index (χ4v) is 1.98. The van der Waals surface area contributed by atoms with Crippen LogP contribution in [0.15, 0.2) is 28.8 Å². The van der Waals surface area contributed by atoms with E-state index in [0.29, 0.717) is 24.3 Å². The first-order chi connectivity index (χ1) is 10.3. The molecule has 118 valence electrons. The molecule has 0 bridgehead atoms. The molecule has 0 aliphatic rings. The monoisotopic (exact) mass is 312 g/mol. The molecule has 22 heavy (non-hydrogen) atoms. The lowest BCUT2D eigenvalue weighted by Gasteiger charge is -2.04. The minimum absolute atomic E-state index is 0.127. The molecule has 0 radical (unpaired) electrons. The highest BCUT2D eigenvalue weighted by atomic mass is 19.4. The summed E-state index contributed by atoms with van der Waals surface area (Å²) >= 11 is 0. The Kier molecular flexibility index (Phi) is 4.63. The number of halogens is 3. The molecule has 2 aromatic rings. The van der Waals surface area contributed by atoms with E-state index in [0.717, 1.165) is 5.56 Å². The van der Waals surface area contributed by atoms with Crippen LogP contribution in [-0.2, 0) is 17.4 Å². The van der Waals surface area contributed by atoms with Crippen LogP contribution in [-0.4, -0.2) is 15.9 Å². The van der Waals surface area contributed by atoms with E-state index in [1.54, 1.807) is 24.3 Å². The molecular formula is C15H15F3N2O2. The normalized spacial score (nSPS) is 11.9. The summed E-state index contributed by atoms with van der Waals surface area (Å²) in [4.78, 5) is 15.0. The number of alkyl halides is 3. The molecule has 0 spiro atoms. The van der Waals surface area contributed by atoms with Crippen LogP contribution in [0, 0.1) is 5.92 Å². The van der Waals surface area contributed by atoms with E-state index in [2.05, 4.69) is 14.7 Å². The molecule has 1 aromatic carbocycles. The zero-order chi connectivity index (χ0) is 16.3. The van der Waals surface area contributed by atoms with Gasteiger partial charge in [0.2, 0.25) is 5.82 Å². The third-order valence-corrected chi connectivity index (χ3v) is 2.92. The summed E-state index contributed by atoms with van der Waals surface area (Å²) in [7, 11) is 0. The van der Waals surface area contributed by atoms with Crippen molar-refractivity contribution in [2.45, 2.75) is 32.9 Å². The second-order valence-electron chi connectivity index (χ2n) is 5.43. The second-order valence-corrected chi connectivity index (χ2v) is 5.43. The largest absolute Gasteiger partial charge is 0.471 e. The van der Waals surface area contributed by atoms with Gasteiger partial charge in [-0.05, 0) is 11.5 Å². The number of rotatable bonds is 5. The topological polar surface area (TPSA) is 56.0 Å². The lowest BCUT2D eigenvalue weighted by molar-refractivity contribution is -0.159. The van der Waals surface area contributed by atoms with Crippen LogP contribution in [0.4, 0.5) is 13.2 Å². The summed E-state index contributed by atoms with van der Waals surface area (Å²) in [6, 6.07) is 6.50. The molecule has 2 rings (SSSR count). The minimum Gasteiger partial charge on any atom is -0.329 e. The van der Waals surface area contributed by atoms with Gasteiger partial charge in [0.1, 0.15) is 5.78 Å². The fourth-order valence-electron chi connectivity index (χ4n) is 1.98. The molecule has 0 fully saturated rings. The van der Waals surface area contributed by atoms with Crippen LogP contribution in [0.1, 0.15) is 31.7 Å². The van der Waals surface area contributed by atoms with E-state index < -0.39 is 12.1 Å². The smallest absolute Gasteiger partial charge is 0.329 e. The van der Waals surface area contributed by atoms with Gasteiger partial charge < -0.3 is 4.52 Å². The Hall–Kier alpha value is -2.18. The van der Waals surface area contributed by atoms with E-state index in [9.17, 15) is 18.0 Å². The van der Waals surface area contributed by atoms with Crippen molar-refractivity contribution in [2.75, 3.05) is 0 Å². The Morgan fingerprint density at radius 2 is 1.86 bits per heavy atom. The maximum atomic E-state index is 12.4. The Labute approximate surface area is 125 Å². The van der Waals surface area contributed by atoms with Crippen molar-refractivity contribution in [1.29, 1.82) is 0 Å². The van der Waals surface area contributed by atoms with E-state index in [-0.39, 0.29) is 11.6 Å². The molecule has 0 amide bonds. The zero-order valence-electron chi connectivity index (χ0n) is 12.1. The highest BCUT2D eigenvalue weighted by molar-refractivity contribution is 5.81. The average Bonchev–Trinajstić information content (AvgIpc) is 2.88. The number of hydrogen-bond acceptors (Lipinski definition) is 4. The Morgan fingerprint density at radius 3 is 2.36 bits per heavy atom. The van der Waals surface area contributed by atoms with Gasteiger partial charge in [-0.3, -0.25) is 4.79 Å². The predicted molar refractivity (Wildman–Crippen MR) is 72.9 cm³/mol. The van der Waals surface area contributed by atoms with Crippen molar-refractivity contribution in [3.05, 3.63) is 35.7 Å². The Bertz CT molecular complexity index is 646. The molecule has 0 saturated heterocycles. The molecule has 0 aliphatic heterocycles. The van der Waals surface area contributed by atoms with E-state index >= 15 is 0 Å². The van der Waals surface area contributed by atoms with Crippen LogP contribution < -0.4 is 0 Å². The van der Waals surface area contributed by atoms with E-state index in [1.807, 2.05) is 13.8 Å². The third kappa shape index (κ3) is 4.16. The van der Waals surface area contributed by atoms with E-state index in [1.165, 1.54) is 0 Å². The van der Waals surface area contributed by atoms with Crippen LogP contribution in [0.25, 0.3) is 11.4 Å². The van der Waals surface area contributed by atoms with Crippen molar-refractivity contribution >= 4 is 5.78 Å². The number of benzene rings is 1. The average molecular weight is 312 g/mol. The van der Waals surface area contributed by atoms with Crippen LogP contribution in [0.3, 0.4) is 0 Å². The summed E-state index contributed by atoms with van der Waals surface area (Å²) in [6.07, 6.45) is -3.85. The minimum atomic E-state index is -4.66. The Morgan fingerprint density at radius 1 is 1.23 bits per heavy atom. The van der Waals surface area contributed by atoms with Crippen molar-refractivity contribution < 1.29 is 22.5 Å². The molecule has 0 saturated carbocycles. The summed E-state index contributed by atoms with van der Waals surface area (Å²) in [6.45, 7) is 3.94. The molecule has 0 unspecified atom stereocenters. The van der Waals surface area contributed by atoms with Crippen molar-refractivity contribution in [3.8, 4) is 11.4 Å². The van der Waals surface area contributed by atoms with Gasteiger partial charge in [0.25, 0.3) is 0 Å². The standard InChI is InChI=1S/C15H15F3N2O2/c1-9(2)7-12(21)8-10-3-5-11(6-4-10)13-19-14(22-20-13)15(16,17)18/h3-6,9H,7-8H2,1-2H3. The van der Waals surface area contributed by atoms with Gasteiger partial charge in [0.15, 0.2) is 0 Å². The first kappa shape index (κ1) is 16.2. The molecule has 0 N–H and O–H groups in total. The van der Waals surface area contributed by atoms with Gasteiger partial charge in [0.05, 0.1) is 0 Å². The number of carbonyl (C=O) groups is 1. The van der Waals surface area contributed by atoms with Crippen LogP contribution in [0.5, 0.6) is 0 Å². The van der Waals surface area contributed by atoms with Crippen molar-refractivity contribution in [1.82, 2.24) is 10.1 Å². The lowest BCUT2D eigenvalue weighted by atomic mass is 10.0. The highest BCUT2D eigenvalue weighted by Crippen LogP contribution is 2.29. The molecule has 0 aliphatic carbocycles. The van der Waals surface area contributed by atoms with E-state index in [4.69, 9.17) is 0 Å². The van der Waals surface area contributed by atoms with Crippen molar-refractivity contribution in [2.24, 2.45) is 5.92 Å². The van der Waals surface area contributed by atoms with Gasteiger partial charge in [0, 0.05) is 18.4 Å². The van der Waals surface area contributed by atoms with Gasteiger partial charge in [-0.25, -0.2) is 0 Å². The lowest BCUT2D eigenvalue weighted by Crippen LogP contribution is -2.06.